The van der Waals surface area contributed by atoms with E-state index in [2.05, 4.69) is 41.1 Å². The molecule has 0 spiro atoms. The average Bonchev–Trinajstić information content (AvgIpc) is 3.03. The lowest BCUT2D eigenvalue weighted by Crippen LogP contribution is -2.38. The minimum Gasteiger partial charge on any atom is -0.339 e. The van der Waals surface area contributed by atoms with Gasteiger partial charge in [0, 0.05) is 36.6 Å². The molecule has 1 atom stereocenters. The van der Waals surface area contributed by atoms with E-state index < -0.39 is 0 Å². The molecule has 2 aliphatic rings. The quantitative estimate of drug-likeness (QED) is 0.814. The summed E-state index contributed by atoms with van der Waals surface area (Å²) < 4.78 is 0. The van der Waals surface area contributed by atoms with Crippen molar-refractivity contribution in [3.05, 3.63) is 53.7 Å². The molecular weight excluding hydrogens is 322 g/mol. The molecule has 4 nitrogen and oxygen atoms in total. The Balaban J connectivity index is 1.60. The van der Waals surface area contributed by atoms with Crippen LogP contribution in [0.4, 0.5) is 11.5 Å². The van der Waals surface area contributed by atoms with Gasteiger partial charge in [0.15, 0.2) is 0 Å². The molecule has 0 saturated heterocycles. The Morgan fingerprint density at radius 2 is 1.92 bits per heavy atom. The number of benzene rings is 1. The molecule has 1 aliphatic heterocycles. The van der Waals surface area contributed by atoms with Gasteiger partial charge in [0.25, 0.3) is 5.91 Å². The van der Waals surface area contributed by atoms with E-state index in [1.54, 1.807) is 6.20 Å². The summed E-state index contributed by atoms with van der Waals surface area (Å²) in [4.78, 5) is 21.8. The molecule has 1 saturated carbocycles. The Morgan fingerprint density at radius 3 is 2.73 bits per heavy atom. The Hall–Kier alpha value is -2.36. The van der Waals surface area contributed by atoms with Gasteiger partial charge >= 0.3 is 0 Å². The zero-order chi connectivity index (χ0) is 18.1. The molecule has 4 rings (SSSR count). The summed E-state index contributed by atoms with van der Waals surface area (Å²) in [5.74, 6) is 0.978. The van der Waals surface area contributed by atoms with Crippen LogP contribution in [-0.4, -0.2) is 34.9 Å². The van der Waals surface area contributed by atoms with Crippen LogP contribution < -0.4 is 4.90 Å². The van der Waals surface area contributed by atoms with E-state index in [1.807, 2.05) is 24.1 Å². The summed E-state index contributed by atoms with van der Waals surface area (Å²) in [7, 11) is 1.95. The van der Waals surface area contributed by atoms with Gasteiger partial charge in [-0.2, -0.15) is 0 Å². The fourth-order valence-corrected chi connectivity index (χ4v) is 4.44. The Bertz CT molecular complexity index is 797. The number of nitrogens with zero attached hydrogens (tertiary/aromatic N) is 3. The van der Waals surface area contributed by atoms with Crippen LogP contribution in [0.15, 0.2) is 42.6 Å². The van der Waals surface area contributed by atoms with E-state index in [0.29, 0.717) is 12.1 Å². The lowest BCUT2D eigenvalue weighted by atomic mass is 9.94. The second kappa shape index (κ2) is 7.10. The van der Waals surface area contributed by atoms with Gasteiger partial charge in [0.1, 0.15) is 5.82 Å². The molecule has 1 fully saturated rings. The van der Waals surface area contributed by atoms with Crippen LogP contribution in [0.3, 0.4) is 0 Å². The van der Waals surface area contributed by atoms with E-state index in [1.165, 1.54) is 30.5 Å². The van der Waals surface area contributed by atoms with E-state index in [0.717, 1.165) is 30.6 Å². The first-order valence-corrected chi connectivity index (χ1v) is 9.75. The van der Waals surface area contributed by atoms with Crippen LogP contribution >= 0.6 is 0 Å². The topological polar surface area (TPSA) is 36.4 Å². The number of rotatable bonds is 3. The Kier molecular flexibility index (Phi) is 4.66. The highest BCUT2D eigenvalue weighted by molar-refractivity contribution is 5.95. The van der Waals surface area contributed by atoms with Crippen LogP contribution in [-0.2, 0) is 6.42 Å². The first-order chi connectivity index (χ1) is 12.6. The number of fused-ring (bicyclic) bond motifs is 1. The van der Waals surface area contributed by atoms with Crippen LogP contribution in [0.25, 0.3) is 0 Å². The number of hydrogen-bond acceptors (Lipinski definition) is 3. The second-order valence-electron chi connectivity index (χ2n) is 7.66. The SMILES string of the molecule is CC1Cc2ccccc2N1c1cc(C(=O)N(C)C2CCCCC2)ccn1. The second-order valence-corrected chi connectivity index (χ2v) is 7.66. The molecular formula is C22H27N3O. The summed E-state index contributed by atoms with van der Waals surface area (Å²) in [5.41, 5.74) is 3.29. The highest BCUT2D eigenvalue weighted by Gasteiger charge is 2.29. The number of carbonyl (C=O) groups is 1. The normalized spacial score (nSPS) is 20.1. The van der Waals surface area contributed by atoms with Crippen molar-refractivity contribution in [3.63, 3.8) is 0 Å². The van der Waals surface area contributed by atoms with E-state index >= 15 is 0 Å². The maximum absolute atomic E-state index is 13.0. The van der Waals surface area contributed by atoms with E-state index in [9.17, 15) is 4.79 Å². The number of amides is 1. The van der Waals surface area contributed by atoms with Crippen molar-refractivity contribution in [3.8, 4) is 0 Å². The van der Waals surface area contributed by atoms with Gasteiger partial charge in [0.05, 0.1) is 0 Å². The zero-order valence-corrected chi connectivity index (χ0v) is 15.7. The molecule has 0 radical (unpaired) electrons. The molecule has 4 heteroatoms. The van der Waals surface area contributed by atoms with Crippen molar-refractivity contribution < 1.29 is 4.79 Å². The first kappa shape index (κ1) is 17.1. The minimum absolute atomic E-state index is 0.112. The smallest absolute Gasteiger partial charge is 0.254 e. The van der Waals surface area contributed by atoms with E-state index in [4.69, 9.17) is 0 Å². The van der Waals surface area contributed by atoms with Gasteiger partial charge in [-0.05, 0) is 49.9 Å². The molecule has 1 aliphatic carbocycles. The molecule has 1 aromatic heterocycles. The van der Waals surface area contributed by atoms with Gasteiger partial charge in [-0.15, -0.1) is 0 Å². The monoisotopic (exact) mass is 349 g/mol. The predicted octanol–water partition coefficient (Wildman–Crippen LogP) is 4.57. The van der Waals surface area contributed by atoms with Gasteiger partial charge in [-0.25, -0.2) is 4.98 Å². The summed E-state index contributed by atoms with van der Waals surface area (Å²) in [6.45, 7) is 2.21. The van der Waals surface area contributed by atoms with Crippen molar-refractivity contribution in [2.24, 2.45) is 0 Å². The van der Waals surface area contributed by atoms with Crippen LogP contribution in [0.5, 0.6) is 0 Å². The number of aromatic nitrogens is 1. The van der Waals surface area contributed by atoms with Gasteiger partial charge in [-0.1, -0.05) is 37.5 Å². The number of anilines is 2. The summed E-state index contributed by atoms with van der Waals surface area (Å²) in [6.07, 6.45) is 8.78. The molecule has 136 valence electrons. The van der Waals surface area contributed by atoms with Crippen molar-refractivity contribution in [1.29, 1.82) is 0 Å². The maximum Gasteiger partial charge on any atom is 0.254 e. The fraction of sp³-hybridized carbons (Fsp3) is 0.455. The van der Waals surface area contributed by atoms with Gasteiger partial charge in [-0.3, -0.25) is 4.79 Å². The Morgan fingerprint density at radius 1 is 1.15 bits per heavy atom. The third-order valence-electron chi connectivity index (χ3n) is 5.89. The zero-order valence-electron chi connectivity index (χ0n) is 15.7. The number of pyridine rings is 1. The van der Waals surface area contributed by atoms with Crippen LogP contribution in [0.1, 0.15) is 54.9 Å². The molecule has 0 N–H and O–H groups in total. The summed E-state index contributed by atoms with van der Waals surface area (Å²) in [6, 6.07) is 13.0. The number of carbonyl (C=O) groups excluding carboxylic acids is 1. The summed E-state index contributed by atoms with van der Waals surface area (Å²) in [5, 5.41) is 0. The molecule has 1 amide bonds. The molecule has 2 heterocycles. The van der Waals surface area contributed by atoms with Crippen molar-refractivity contribution in [2.75, 3.05) is 11.9 Å². The number of para-hydroxylation sites is 1. The minimum atomic E-state index is 0.112. The van der Waals surface area contributed by atoms with Crippen LogP contribution in [0, 0.1) is 0 Å². The van der Waals surface area contributed by atoms with Crippen molar-refractivity contribution in [2.45, 2.75) is 57.5 Å². The number of hydrogen-bond donors (Lipinski definition) is 0. The average molecular weight is 349 g/mol. The molecule has 26 heavy (non-hydrogen) atoms. The molecule has 2 aromatic rings. The Labute approximate surface area is 155 Å². The lowest BCUT2D eigenvalue weighted by molar-refractivity contribution is 0.0696. The van der Waals surface area contributed by atoms with Gasteiger partial charge < -0.3 is 9.80 Å². The predicted molar refractivity (Wildman–Crippen MR) is 105 cm³/mol. The molecule has 1 unspecified atom stereocenters. The summed E-state index contributed by atoms with van der Waals surface area (Å²) >= 11 is 0. The molecule has 1 aromatic carbocycles. The van der Waals surface area contributed by atoms with Crippen molar-refractivity contribution >= 4 is 17.4 Å². The fourth-order valence-electron chi connectivity index (χ4n) is 4.44. The van der Waals surface area contributed by atoms with Crippen LogP contribution in [0.2, 0.25) is 0 Å². The third-order valence-corrected chi connectivity index (χ3v) is 5.89. The lowest BCUT2D eigenvalue weighted by Gasteiger charge is -2.31. The van der Waals surface area contributed by atoms with E-state index in [-0.39, 0.29) is 5.91 Å². The largest absolute Gasteiger partial charge is 0.339 e. The first-order valence-electron chi connectivity index (χ1n) is 9.75. The highest BCUT2D eigenvalue weighted by Crippen LogP contribution is 2.37. The third kappa shape index (κ3) is 3.09. The maximum atomic E-state index is 13.0. The van der Waals surface area contributed by atoms with Crippen molar-refractivity contribution in [1.82, 2.24) is 9.88 Å². The van der Waals surface area contributed by atoms with Gasteiger partial charge in [0.2, 0.25) is 0 Å². The standard InChI is InChI=1S/C22H27N3O/c1-16-14-17-8-6-7-11-20(17)25(16)21-15-18(12-13-23-21)22(26)24(2)19-9-4-3-5-10-19/h6-8,11-13,15-16,19H,3-5,9-10,14H2,1-2H3. The molecule has 0 bridgehead atoms. The highest BCUT2D eigenvalue weighted by atomic mass is 16.2.